The quantitative estimate of drug-likeness (QED) is 0.760. The molecule has 0 saturated heterocycles. The molecule has 1 aliphatic carbocycles. The molecule has 0 spiro atoms. The molecule has 2 aromatic rings. The Morgan fingerprint density at radius 1 is 1.39 bits per heavy atom. The standard InChI is InChI=1S/C16H21N3O2S2/c1-11(15(20)19(2)12-7-4-3-5-8-12)23-16-18-17-14(21-16)13-9-6-10-22-13/h6,9-12H,3-5,7-8H2,1-2H3/t11-/m0/s1. The maximum absolute atomic E-state index is 12.6. The number of thiophene rings is 1. The molecule has 1 saturated carbocycles. The van der Waals surface area contributed by atoms with E-state index in [0.29, 0.717) is 17.2 Å². The maximum atomic E-state index is 12.6. The molecule has 124 valence electrons. The van der Waals surface area contributed by atoms with Crippen LogP contribution in [0.15, 0.2) is 27.2 Å². The lowest BCUT2D eigenvalue weighted by molar-refractivity contribution is -0.131. The van der Waals surface area contributed by atoms with E-state index in [2.05, 4.69) is 10.2 Å². The fourth-order valence-electron chi connectivity index (χ4n) is 2.89. The number of carbonyl (C=O) groups excluding carboxylic acids is 1. The van der Waals surface area contributed by atoms with Crippen molar-refractivity contribution in [3.63, 3.8) is 0 Å². The molecule has 7 heteroatoms. The van der Waals surface area contributed by atoms with Gasteiger partial charge in [-0.1, -0.05) is 37.1 Å². The summed E-state index contributed by atoms with van der Waals surface area (Å²) in [4.78, 5) is 15.5. The van der Waals surface area contributed by atoms with Gasteiger partial charge in [0.1, 0.15) is 0 Å². The van der Waals surface area contributed by atoms with E-state index in [1.165, 1.54) is 31.0 Å². The van der Waals surface area contributed by atoms with E-state index in [1.807, 2.05) is 36.4 Å². The molecule has 2 aromatic heterocycles. The normalized spacial score (nSPS) is 17.1. The van der Waals surface area contributed by atoms with Gasteiger partial charge in [-0.3, -0.25) is 4.79 Å². The van der Waals surface area contributed by atoms with Crippen molar-refractivity contribution < 1.29 is 9.21 Å². The highest BCUT2D eigenvalue weighted by Crippen LogP contribution is 2.30. The second-order valence-electron chi connectivity index (χ2n) is 5.85. The minimum atomic E-state index is -0.224. The summed E-state index contributed by atoms with van der Waals surface area (Å²) in [5, 5.41) is 10.3. The molecule has 2 heterocycles. The Balaban J connectivity index is 1.59. The van der Waals surface area contributed by atoms with Gasteiger partial charge < -0.3 is 9.32 Å². The van der Waals surface area contributed by atoms with Crippen molar-refractivity contribution in [2.45, 2.75) is 55.5 Å². The third-order valence-corrected chi connectivity index (χ3v) is 6.01. The third kappa shape index (κ3) is 3.95. The number of nitrogens with zero attached hydrogens (tertiary/aromatic N) is 3. The zero-order valence-corrected chi connectivity index (χ0v) is 15.0. The van der Waals surface area contributed by atoms with Crippen molar-refractivity contribution in [1.82, 2.24) is 15.1 Å². The van der Waals surface area contributed by atoms with Crippen molar-refractivity contribution in [2.75, 3.05) is 7.05 Å². The van der Waals surface area contributed by atoms with Gasteiger partial charge in [-0.2, -0.15) is 0 Å². The van der Waals surface area contributed by atoms with Crippen LogP contribution in [0.4, 0.5) is 0 Å². The monoisotopic (exact) mass is 351 g/mol. The Labute approximate surface area is 144 Å². The van der Waals surface area contributed by atoms with Gasteiger partial charge in [0.15, 0.2) is 0 Å². The van der Waals surface area contributed by atoms with Crippen molar-refractivity contribution in [3.05, 3.63) is 17.5 Å². The van der Waals surface area contributed by atoms with Gasteiger partial charge in [0.05, 0.1) is 10.1 Å². The number of rotatable bonds is 5. The lowest BCUT2D eigenvalue weighted by Gasteiger charge is -2.32. The highest BCUT2D eigenvalue weighted by Gasteiger charge is 2.27. The first kappa shape index (κ1) is 16.5. The van der Waals surface area contributed by atoms with Gasteiger partial charge in [-0.25, -0.2) is 0 Å². The van der Waals surface area contributed by atoms with Crippen molar-refractivity contribution >= 4 is 29.0 Å². The van der Waals surface area contributed by atoms with Gasteiger partial charge in [0, 0.05) is 13.1 Å². The van der Waals surface area contributed by atoms with E-state index in [0.717, 1.165) is 17.7 Å². The Morgan fingerprint density at radius 2 is 2.17 bits per heavy atom. The number of aromatic nitrogens is 2. The molecule has 0 aromatic carbocycles. The molecule has 0 bridgehead atoms. The van der Waals surface area contributed by atoms with E-state index >= 15 is 0 Å². The van der Waals surface area contributed by atoms with Crippen LogP contribution in [0.1, 0.15) is 39.0 Å². The van der Waals surface area contributed by atoms with Crippen LogP contribution >= 0.6 is 23.1 Å². The Morgan fingerprint density at radius 3 is 2.87 bits per heavy atom. The topological polar surface area (TPSA) is 59.2 Å². The lowest BCUT2D eigenvalue weighted by Crippen LogP contribution is -2.42. The minimum absolute atomic E-state index is 0.137. The van der Waals surface area contributed by atoms with Gasteiger partial charge in [0.25, 0.3) is 11.1 Å². The number of thioether (sulfide) groups is 1. The fourth-order valence-corrected chi connectivity index (χ4v) is 4.32. The predicted octanol–water partition coefficient (Wildman–Crippen LogP) is 4.07. The largest absolute Gasteiger partial charge is 0.410 e. The summed E-state index contributed by atoms with van der Waals surface area (Å²) in [7, 11) is 1.92. The summed E-state index contributed by atoms with van der Waals surface area (Å²) in [6, 6.07) is 4.27. The Bertz CT molecular complexity index is 636. The molecule has 1 atom stereocenters. The molecule has 0 N–H and O–H groups in total. The summed E-state index contributed by atoms with van der Waals surface area (Å²) in [5.41, 5.74) is 0. The van der Waals surface area contributed by atoms with Crippen LogP contribution in [0.5, 0.6) is 0 Å². The fraction of sp³-hybridized carbons (Fsp3) is 0.562. The van der Waals surface area contributed by atoms with Crippen LogP contribution < -0.4 is 0 Å². The van der Waals surface area contributed by atoms with E-state index in [4.69, 9.17) is 4.42 Å². The first-order valence-corrected chi connectivity index (χ1v) is 9.72. The molecule has 23 heavy (non-hydrogen) atoms. The van der Waals surface area contributed by atoms with Crippen molar-refractivity contribution in [1.29, 1.82) is 0 Å². The molecule has 3 rings (SSSR count). The SMILES string of the molecule is C[C@H](Sc1nnc(-c2cccs2)o1)C(=O)N(C)C1CCCCC1. The second kappa shape index (κ2) is 7.49. The Hall–Kier alpha value is -1.34. The maximum Gasteiger partial charge on any atom is 0.277 e. The number of amides is 1. The van der Waals surface area contributed by atoms with Gasteiger partial charge in [0.2, 0.25) is 5.91 Å². The predicted molar refractivity (Wildman–Crippen MR) is 92.6 cm³/mol. The molecule has 1 fully saturated rings. The van der Waals surface area contributed by atoms with Crippen LogP contribution in [-0.4, -0.2) is 39.3 Å². The van der Waals surface area contributed by atoms with Gasteiger partial charge in [-0.05, 0) is 31.2 Å². The molecule has 0 radical (unpaired) electrons. The van der Waals surface area contributed by atoms with Crippen molar-refractivity contribution in [2.24, 2.45) is 0 Å². The summed E-state index contributed by atoms with van der Waals surface area (Å²) in [5.74, 6) is 0.653. The molecular weight excluding hydrogens is 330 g/mol. The first-order valence-electron chi connectivity index (χ1n) is 7.96. The highest BCUT2D eigenvalue weighted by molar-refractivity contribution is 8.00. The van der Waals surface area contributed by atoms with Crippen LogP contribution in [0.25, 0.3) is 10.8 Å². The Kier molecular flexibility index (Phi) is 5.38. The van der Waals surface area contributed by atoms with Crippen LogP contribution in [0.2, 0.25) is 0 Å². The second-order valence-corrected chi connectivity index (χ2v) is 8.09. The third-order valence-electron chi connectivity index (χ3n) is 4.23. The zero-order valence-electron chi connectivity index (χ0n) is 13.4. The lowest BCUT2D eigenvalue weighted by atomic mass is 9.94. The average Bonchev–Trinajstić information content (AvgIpc) is 3.25. The number of hydrogen-bond donors (Lipinski definition) is 0. The van der Waals surface area contributed by atoms with Gasteiger partial charge in [-0.15, -0.1) is 21.5 Å². The van der Waals surface area contributed by atoms with Crippen LogP contribution in [-0.2, 0) is 4.79 Å². The highest BCUT2D eigenvalue weighted by atomic mass is 32.2. The van der Waals surface area contributed by atoms with Crippen LogP contribution in [0.3, 0.4) is 0 Å². The van der Waals surface area contributed by atoms with Crippen LogP contribution in [0, 0.1) is 0 Å². The van der Waals surface area contributed by atoms with E-state index in [1.54, 1.807) is 11.3 Å². The molecule has 5 nitrogen and oxygen atoms in total. The smallest absolute Gasteiger partial charge is 0.277 e. The molecule has 1 aliphatic rings. The summed E-state index contributed by atoms with van der Waals surface area (Å²) < 4.78 is 5.65. The summed E-state index contributed by atoms with van der Waals surface area (Å²) >= 11 is 2.89. The molecule has 1 amide bonds. The van der Waals surface area contributed by atoms with E-state index in [-0.39, 0.29) is 11.2 Å². The van der Waals surface area contributed by atoms with Gasteiger partial charge >= 0.3 is 0 Å². The molecular formula is C16H21N3O2S2. The minimum Gasteiger partial charge on any atom is -0.410 e. The summed E-state index contributed by atoms with van der Waals surface area (Å²) in [6.45, 7) is 1.90. The average molecular weight is 351 g/mol. The summed E-state index contributed by atoms with van der Waals surface area (Å²) in [6.07, 6.45) is 5.96. The molecule has 0 aliphatic heterocycles. The number of carbonyl (C=O) groups is 1. The van der Waals surface area contributed by atoms with Crippen molar-refractivity contribution in [3.8, 4) is 10.8 Å². The number of hydrogen-bond acceptors (Lipinski definition) is 6. The van der Waals surface area contributed by atoms with E-state index < -0.39 is 0 Å². The van der Waals surface area contributed by atoms with E-state index in [9.17, 15) is 4.79 Å². The first-order chi connectivity index (χ1) is 11.1. The zero-order chi connectivity index (χ0) is 16.2. The molecule has 0 unspecified atom stereocenters.